The average molecular weight is 336 g/mol. The molecule has 25 heavy (non-hydrogen) atoms. The largest absolute Gasteiger partial charge is 0.508 e. The number of unbranched alkanes of at least 4 members (excludes halogenated alkanes) is 1. The van der Waals surface area contributed by atoms with Crippen LogP contribution in [0.4, 0.5) is 0 Å². The Morgan fingerprint density at radius 3 is 2.04 bits per heavy atom. The summed E-state index contributed by atoms with van der Waals surface area (Å²) in [4.78, 5) is 0. The lowest BCUT2D eigenvalue weighted by Crippen LogP contribution is -2.24. The van der Waals surface area contributed by atoms with E-state index in [4.69, 9.17) is 5.11 Å². The van der Waals surface area contributed by atoms with Crippen LogP contribution in [-0.2, 0) is 5.54 Å². The predicted molar refractivity (Wildman–Crippen MR) is 99.5 cm³/mol. The molecule has 0 spiro atoms. The van der Waals surface area contributed by atoms with E-state index in [1.165, 1.54) is 5.57 Å². The Labute approximate surface area is 148 Å². The molecule has 1 aliphatic rings. The summed E-state index contributed by atoms with van der Waals surface area (Å²) in [5, 5.41) is 28.5. The highest BCUT2D eigenvalue weighted by Crippen LogP contribution is 2.49. The molecule has 130 valence electrons. The molecule has 2 aromatic rings. The van der Waals surface area contributed by atoms with Crippen molar-refractivity contribution in [1.29, 1.82) is 0 Å². The number of phenols is 2. The Balaban J connectivity index is 2.13. The third-order valence-electron chi connectivity index (χ3n) is 4.84. The zero-order valence-corrected chi connectivity index (χ0v) is 14.7. The van der Waals surface area contributed by atoms with Gasteiger partial charge in [-0.3, -0.25) is 0 Å². The van der Waals surface area contributed by atoms with Gasteiger partial charge in [-0.05, 0) is 60.4 Å². The van der Waals surface area contributed by atoms with E-state index < -0.39 is 5.54 Å². The number of hydrogen-bond acceptors (Lipinski definition) is 4. The number of phenolic OH excluding ortho intramolecular Hbond substituents is 2. The van der Waals surface area contributed by atoms with Crippen LogP contribution >= 0.6 is 0 Å². The molecule has 2 aromatic carbocycles. The van der Waals surface area contributed by atoms with Crippen LogP contribution in [0.1, 0.15) is 50.7 Å². The van der Waals surface area contributed by atoms with Gasteiger partial charge in [0.25, 0.3) is 0 Å². The van der Waals surface area contributed by atoms with Crippen LogP contribution in [-0.4, -0.2) is 10.2 Å². The first-order chi connectivity index (χ1) is 12.1. The van der Waals surface area contributed by atoms with Gasteiger partial charge < -0.3 is 10.2 Å². The van der Waals surface area contributed by atoms with E-state index >= 15 is 0 Å². The van der Waals surface area contributed by atoms with Crippen LogP contribution in [0.2, 0.25) is 0 Å². The van der Waals surface area contributed by atoms with Gasteiger partial charge in [-0.2, -0.15) is 10.2 Å². The van der Waals surface area contributed by atoms with Crippen LogP contribution in [0.15, 0.2) is 64.3 Å². The van der Waals surface area contributed by atoms with Gasteiger partial charge in [0.2, 0.25) is 0 Å². The molecule has 4 nitrogen and oxygen atoms in total. The van der Waals surface area contributed by atoms with E-state index in [0.29, 0.717) is 0 Å². The second-order valence-electron chi connectivity index (χ2n) is 6.44. The summed E-state index contributed by atoms with van der Waals surface area (Å²) in [5.74, 6) is 0.498. The number of hydrogen-bond donors (Lipinski definition) is 2. The maximum absolute atomic E-state index is 9.65. The zero-order valence-electron chi connectivity index (χ0n) is 14.7. The van der Waals surface area contributed by atoms with Crippen LogP contribution in [0.25, 0.3) is 5.70 Å². The van der Waals surface area contributed by atoms with Crippen molar-refractivity contribution >= 4 is 5.70 Å². The molecule has 0 aliphatic carbocycles. The van der Waals surface area contributed by atoms with E-state index in [-0.39, 0.29) is 11.5 Å². The van der Waals surface area contributed by atoms with Gasteiger partial charge in [0.1, 0.15) is 17.0 Å². The first-order valence-corrected chi connectivity index (χ1v) is 8.86. The smallest absolute Gasteiger partial charge is 0.130 e. The monoisotopic (exact) mass is 336 g/mol. The highest BCUT2D eigenvalue weighted by atomic mass is 16.3. The minimum Gasteiger partial charge on any atom is -0.508 e. The van der Waals surface area contributed by atoms with Crippen molar-refractivity contribution in [1.82, 2.24) is 0 Å². The summed E-state index contributed by atoms with van der Waals surface area (Å²) in [5.41, 5.74) is 3.65. The predicted octanol–water partition coefficient (Wildman–Crippen LogP) is 5.77. The first-order valence-electron chi connectivity index (χ1n) is 8.86. The molecule has 0 saturated carbocycles. The third kappa shape index (κ3) is 3.16. The van der Waals surface area contributed by atoms with E-state index in [1.807, 2.05) is 24.3 Å². The van der Waals surface area contributed by atoms with Gasteiger partial charge in [0.05, 0.1) is 5.70 Å². The van der Waals surface area contributed by atoms with Gasteiger partial charge in [0, 0.05) is 5.56 Å². The minimum atomic E-state index is -0.467. The lowest BCUT2D eigenvalue weighted by Gasteiger charge is -2.29. The summed E-state index contributed by atoms with van der Waals surface area (Å²) in [6.07, 6.45) is 3.86. The van der Waals surface area contributed by atoms with E-state index in [1.54, 1.807) is 24.3 Å². The molecule has 1 heterocycles. The fourth-order valence-electron chi connectivity index (χ4n) is 3.51. The van der Waals surface area contributed by atoms with Gasteiger partial charge in [-0.25, -0.2) is 0 Å². The van der Waals surface area contributed by atoms with Gasteiger partial charge in [0.15, 0.2) is 0 Å². The Bertz CT molecular complexity index is 792. The van der Waals surface area contributed by atoms with Gasteiger partial charge >= 0.3 is 0 Å². The number of rotatable bonds is 6. The Morgan fingerprint density at radius 1 is 0.880 bits per heavy atom. The summed E-state index contributed by atoms with van der Waals surface area (Å²) >= 11 is 0. The normalized spacial score (nSPS) is 19.6. The third-order valence-corrected chi connectivity index (χ3v) is 4.84. The van der Waals surface area contributed by atoms with Crippen molar-refractivity contribution in [2.45, 2.75) is 45.1 Å². The highest BCUT2D eigenvalue weighted by molar-refractivity contribution is 5.72. The molecular weight excluding hydrogens is 312 g/mol. The van der Waals surface area contributed by atoms with Crippen LogP contribution in [0.5, 0.6) is 11.5 Å². The maximum atomic E-state index is 9.65. The molecule has 1 aliphatic heterocycles. The first kappa shape index (κ1) is 17.2. The SMILES string of the molecule is CCCCC1(c2ccc(O)cc2)N=NC(c2ccc(O)cc2)=C1CC. The highest BCUT2D eigenvalue weighted by Gasteiger charge is 2.41. The number of benzene rings is 2. The van der Waals surface area contributed by atoms with Gasteiger partial charge in [-0.1, -0.05) is 38.8 Å². The van der Waals surface area contributed by atoms with Crippen LogP contribution < -0.4 is 0 Å². The molecular formula is C21H24N2O2. The molecule has 1 atom stereocenters. The van der Waals surface area contributed by atoms with Crippen molar-refractivity contribution in [3.63, 3.8) is 0 Å². The van der Waals surface area contributed by atoms with Crippen LogP contribution in [0, 0.1) is 0 Å². The fraction of sp³-hybridized carbons (Fsp3) is 0.333. The minimum absolute atomic E-state index is 0.244. The van der Waals surface area contributed by atoms with E-state index in [2.05, 4.69) is 19.0 Å². The molecule has 1 unspecified atom stereocenters. The fourth-order valence-corrected chi connectivity index (χ4v) is 3.51. The summed E-state index contributed by atoms with van der Waals surface area (Å²) in [6, 6.07) is 14.4. The number of aromatic hydroxyl groups is 2. The van der Waals surface area contributed by atoms with Crippen molar-refractivity contribution in [2.75, 3.05) is 0 Å². The Kier molecular flexibility index (Phi) is 4.88. The van der Waals surface area contributed by atoms with E-state index in [0.717, 1.165) is 42.5 Å². The second-order valence-corrected chi connectivity index (χ2v) is 6.44. The topological polar surface area (TPSA) is 65.2 Å². The second kappa shape index (κ2) is 7.09. The van der Waals surface area contributed by atoms with E-state index in [9.17, 15) is 10.2 Å². The van der Waals surface area contributed by atoms with Crippen molar-refractivity contribution in [3.8, 4) is 11.5 Å². The molecule has 0 bridgehead atoms. The molecule has 0 aromatic heterocycles. The van der Waals surface area contributed by atoms with Crippen molar-refractivity contribution < 1.29 is 10.2 Å². The quantitative estimate of drug-likeness (QED) is 0.703. The summed E-state index contributed by atoms with van der Waals surface area (Å²) in [7, 11) is 0. The molecule has 4 heteroatoms. The molecule has 0 saturated heterocycles. The standard InChI is InChI=1S/C21H24N2O2/c1-3-5-14-21(16-8-12-18(25)13-9-16)19(4-2)20(22-23-21)15-6-10-17(24)11-7-15/h6-13,24-25H,3-5,14H2,1-2H3. The lowest BCUT2D eigenvalue weighted by atomic mass is 9.77. The Hall–Kier alpha value is -2.62. The molecule has 0 radical (unpaired) electrons. The molecule has 3 rings (SSSR count). The molecule has 0 fully saturated rings. The van der Waals surface area contributed by atoms with Crippen LogP contribution in [0.3, 0.4) is 0 Å². The number of azo groups is 1. The Morgan fingerprint density at radius 2 is 1.48 bits per heavy atom. The lowest BCUT2D eigenvalue weighted by molar-refractivity contribution is 0.446. The zero-order chi connectivity index (χ0) is 17.9. The summed E-state index contributed by atoms with van der Waals surface area (Å²) < 4.78 is 0. The maximum Gasteiger partial charge on any atom is 0.130 e. The number of nitrogens with zero attached hydrogens (tertiary/aromatic N) is 2. The van der Waals surface area contributed by atoms with Crippen molar-refractivity contribution in [2.24, 2.45) is 10.2 Å². The molecule has 0 amide bonds. The average Bonchev–Trinajstić information content (AvgIpc) is 3.00. The molecule has 2 N–H and O–H groups in total. The van der Waals surface area contributed by atoms with Gasteiger partial charge in [-0.15, -0.1) is 0 Å². The van der Waals surface area contributed by atoms with Crippen molar-refractivity contribution in [3.05, 3.63) is 65.2 Å². The summed E-state index contributed by atoms with van der Waals surface area (Å²) in [6.45, 7) is 4.31.